The second-order valence-corrected chi connectivity index (χ2v) is 7.82. The predicted octanol–water partition coefficient (Wildman–Crippen LogP) is 5.75. The Hall–Kier alpha value is -3.82. The van der Waals surface area contributed by atoms with Gasteiger partial charge in [0, 0.05) is 6.42 Å². The van der Waals surface area contributed by atoms with Crippen molar-refractivity contribution in [1.29, 1.82) is 0 Å². The van der Waals surface area contributed by atoms with Crippen LogP contribution in [0, 0.1) is 0 Å². The highest BCUT2D eigenvalue weighted by molar-refractivity contribution is 5.85. The Kier molecular flexibility index (Phi) is 7.52. The molecule has 3 aromatic rings. The Morgan fingerprint density at radius 1 is 0.743 bits per heavy atom. The lowest BCUT2D eigenvalue weighted by molar-refractivity contribution is -0.143. The number of amides is 1. The lowest BCUT2D eigenvalue weighted by atomic mass is 10.00. The van der Waals surface area contributed by atoms with Crippen LogP contribution in [0.1, 0.15) is 22.3 Å². The van der Waals surface area contributed by atoms with Gasteiger partial charge in [-0.25, -0.2) is 4.79 Å². The number of aliphatic carboxylic acids is 1. The van der Waals surface area contributed by atoms with Crippen LogP contribution in [-0.2, 0) is 34.8 Å². The van der Waals surface area contributed by atoms with E-state index >= 15 is 0 Å². The van der Waals surface area contributed by atoms with E-state index in [1.807, 2.05) is 30.3 Å². The molecule has 0 aliphatic heterocycles. The van der Waals surface area contributed by atoms with Crippen LogP contribution in [0.5, 0.6) is 0 Å². The minimum absolute atomic E-state index is 0.0411. The Labute approximate surface area is 196 Å². The molecule has 0 heterocycles. The topological polar surface area (TPSA) is 66.4 Å². The van der Waals surface area contributed by atoms with Gasteiger partial charge in [0.05, 0.1) is 17.5 Å². The number of alkyl halides is 6. The zero-order valence-electron chi connectivity index (χ0n) is 18.0. The maximum Gasteiger partial charge on any atom is 0.416 e. The van der Waals surface area contributed by atoms with Gasteiger partial charge in [0.25, 0.3) is 0 Å². The van der Waals surface area contributed by atoms with Crippen molar-refractivity contribution in [2.45, 2.75) is 31.2 Å². The molecular formula is C25H19F6NO3. The molecule has 0 aliphatic rings. The highest BCUT2D eigenvalue weighted by Gasteiger charge is 2.37. The summed E-state index contributed by atoms with van der Waals surface area (Å²) in [7, 11) is 0. The van der Waals surface area contributed by atoms with Crippen LogP contribution in [0.25, 0.3) is 11.1 Å². The van der Waals surface area contributed by atoms with Gasteiger partial charge >= 0.3 is 18.3 Å². The van der Waals surface area contributed by atoms with Crippen LogP contribution >= 0.6 is 0 Å². The van der Waals surface area contributed by atoms with Crippen LogP contribution in [0.2, 0.25) is 0 Å². The van der Waals surface area contributed by atoms with Crippen LogP contribution in [-0.4, -0.2) is 23.0 Å². The standard InChI is InChI=1S/C25H19F6NO3/c26-24(27,28)19-10-16(11-20(14-19)25(29,30)31)13-22(33)32-21(23(34)35)12-15-6-8-18(9-7-15)17-4-2-1-3-5-17/h1-11,14,21H,12-13H2,(H,32,33)(H,34,35)/t21-/m0/s1. The zero-order chi connectivity index (χ0) is 25.8. The number of hydrogen-bond donors (Lipinski definition) is 2. The summed E-state index contributed by atoms with van der Waals surface area (Å²) in [5.74, 6) is -2.42. The molecule has 0 spiro atoms. The van der Waals surface area contributed by atoms with Gasteiger partial charge in [0.15, 0.2) is 0 Å². The largest absolute Gasteiger partial charge is 0.480 e. The second-order valence-electron chi connectivity index (χ2n) is 7.82. The van der Waals surface area contributed by atoms with Gasteiger partial charge in [0.2, 0.25) is 5.91 Å². The molecule has 3 rings (SSSR count). The number of carboxylic acid groups (broad SMARTS) is 1. The molecule has 0 bridgehead atoms. The fourth-order valence-electron chi connectivity index (χ4n) is 3.45. The Morgan fingerprint density at radius 2 is 1.26 bits per heavy atom. The lowest BCUT2D eigenvalue weighted by Gasteiger charge is -2.17. The van der Waals surface area contributed by atoms with Gasteiger partial charge in [-0.3, -0.25) is 4.79 Å². The molecule has 3 aromatic carbocycles. The number of halogens is 6. The third-order valence-electron chi connectivity index (χ3n) is 5.15. The number of benzene rings is 3. The molecule has 1 atom stereocenters. The van der Waals surface area contributed by atoms with E-state index in [0.717, 1.165) is 11.1 Å². The lowest BCUT2D eigenvalue weighted by Crippen LogP contribution is -2.43. The molecule has 184 valence electrons. The van der Waals surface area contributed by atoms with Crippen molar-refractivity contribution in [2.24, 2.45) is 0 Å². The van der Waals surface area contributed by atoms with E-state index in [4.69, 9.17) is 0 Å². The summed E-state index contributed by atoms with van der Waals surface area (Å²) in [6.07, 6.45) is -11.1. The summed E-state index contributed by atoms with van der Waals surface area (Å²) in [4.78, 5) is 24.0. The van der Waals surface area contributed by atoms with Gasteiger partial charge < -0.3 is 10.4 Å². The minimum atomic E-state index is -5.05. The van der Waals surface area contributed by atoms with Gasteiger partial charge in [-0.1, -0.05) is 54.6 Å². The molecule has 4 nitrogen and oxygen atoms in total. The molecule has 0 saturated heterocycles. The van der Waals surface area contributed by atoms with Gasteiger partial charge in [0.1, 0.15) is 6.04 Å². The number of carbonyl (C=O) groups is 2. The van der Waals surface area contributed by atoms with E-state index in [-0.39, 0.29) is 12.5 Å². The highest BCUT2D eigenvalue weighted by Crippen LogP contribution is 2.36. The Balaban J connectivity index is 1.73. The summed E-state index contributed by atoms with van der Waals surface area (Å²) in [6, 6.07) is 15.7. The highest BCUT2D eigenvalue weighted by atomic mass is 19.4. The molecule has 0 radical (unpaired) electrons. The monoisotopic (exact) mass is 495 g/mol. The molecule has 0 aromatic heterocycles. The number of carboxylic acids is 1. The van der Waals surface area contributed by atoms with E-state index in [1.165, 1.54) is 0 Å². The average molecular weight is 495 g/mol. The summed E-state index contributed by atoms with van der Waals surface area (Å²) in [5, 5.41) is 11.6. The molecule has 0 unspecified atom stereocenters. The Morgan fingerprint density at radius 3 is 1.74 bits per heavy atom. The predicted molar refractivity (Wildman–Crippen MR) is 115 cm³/mol. The van der Waals surface area contributed by atoms with Crippen molar-refractivity contribution in [3.8, 4) is 11.1 Å². The molecule has 35 heavy (non-hydrogen) atoms. The van der Waals surface area contributed by atoms with Crippen molar-refractivity contribution in [2.75, 3.05) is 0 Å². The number of hydrogen-bond acceptors (Lipinski definition) is 2. The molecular weight excluding hydrogens is 476 g/mol. The molecule has 1 amide bonds. The summed E-state index contributed by atoms with van der Waals surface area (Å²) < 4.78 is 78.1. The smallest absolute Gasteiger partial charge is 0.416 e. The fraction of sp³-hybridized carbons (Fsp3) is 0.200. The van der Waals surface area contributed by atoms with E-state index in [9.17, 15) is 41.0 Å². The molecule has 2 N–H and O–H groups in total. The third-order valence-corrected chi connectivity index (χ3v) is 5.15. The van der Waals surface area contributed by atoms with Crippen molar-refractivity contribution >= 4 is 11.9 Å². The molecule has 0 saturated carbocycles. The average Bonchev–Trinajstić information content (AvgIpc) is 2.78. The summed E-state index contributed by atoms with van der Waals surface area (Å²) >= 11 is 0. The quantitative estimate of drug-likeness (QED) is 0.411. The van der Waals surface area contributed by atoms with Crippen LogP contribution in [0.3, 0.4) is 0 Å². The third kappa shape index (κ3) is 7.08. The van der Waals surface area contributed by atoms with Gasteiger partial charge in [-0.05, 0) is 40.5 Å². The van der Waals surface area contributed by atoms with E-state index in [1.54, 1.807) is 24.3 Å². The van der Waals surface area contributed by atoms with Gasteiger partial charge in [-0.2, -0.15) is 26.3 Å². The first-order valence-electron chi connectivity index (χ1n) is 10.3. The second kappa shape index (κ2) is 10.2. The van der Waals surface area contributed by atoms with Crippen molar-refractivity contribution < 1.29 is 41.0 Å². The number of rotatable bonds is 7. The molecule has 0 aliphatic carbocycles. The Bertz CT molecular complexity index is 1160. The van der Waals surface area contributed by atoms with Crippen LogP contribution in [0.4, 0.5) is 26.3 Å². The van der Waals surface area contributed by atoms with E-state index in [0.29, 0.717) is 17.7 Å². The maximum absolute atomic E-state index is 13.0. The SMILES string of the molecule is O=C(Cc1cc(C(F)(F)F)cc(C(F)(F)F)c1)N[C@@H](Cc1ccc(-c2ccccc2)cc1)C(=O)O. The summed E-state index contributed by atoms with van der Waals surface area (Å²) in [5.41, 5.74) is -1.25. The zero-order valence-corrected chi connectivity index (χ0v) is 18.0. The first-order chi connectivity index (χ1) is 16.3. The summed E-state index contributed by atoms with van der Waals surface area (Å²) in [6.45, 7) is 0. The van der Waals surface area contributed by atoms with Gasteiger partial charge in [-0.15, -0.1) is 0 Å². The first kappa shape index (κ1) is 25.8. The van der Waals surface area contributed by atoms with E-state index in [2.05, 4.69) is 5.32 Å². The van der Waals surface area contributed by atoms with E-state index < -0.39 is 53.4 Å². The van der Waals surface area contributed by atoms with Crippen molar-refractivity contribution in [3.63, 3.8) is 0 Å². The van der Waals surface area contributed by atoms with Crippen molar-refractivity contribution in [3.05, 3.63) is 95.1 Å². The number of carbonyl (C=O) groups excluding carboxylic acids is 1. The normalized spacial score (nSPS) is 12.7. The number of nitrogens with one attached hydrogen (secondary N) is 1. The fourth-order valence-corrected chi connectivity index (χ4v) is 3.45. The first-order valence-corrected chi connectivity index (χ1v) is 10.3. The molecule has 10 heteroatoms. The van der Waals surface area contributed by atoms with Crippen LogP contribution in [0.15, 0.2) is 72.8 Å². The maximum atomic E-state index is 13.0. The van der Waals surface area contributed by atoms with Crippen molar-refractivity contribution in [1.82, 2.24) is 5.32 Å². The molecule has 0 fully saturated rings. The van der Waals surface area contributed by atoms with Crippen LogP contribution < -0.4 is 5.32 Å². The minimum Gasteiger partial charge on any atom is -0.480 e.